The Labute approximate surface area is 181 Å². The van der Waals surface area contributed by atoms with Gasteiger partial charge in [-0.15, -0.1) is 0 Å². The molecule has 0 bridgehead atoms. The lowest BCUT2D eigenvalue weighted by Crippen LogP contribution is -2.27. The Kier molecular flexibility index (Phi) is 6.35. The summed E-state index contributed by atoms with van der Waals surface area (Å²) in [6.45, 7) is 5.38. The number of pyridine rings is 1. The summed E-state index contributed by atoms with van der Waals surface area (Å²) in [5.74, 6) is -1.01. The zero-order chi connectivity index (χ0) is 22.9. The summed E-state index contributed by atoms with van der Waals surface area (Å²) in [6, 6.07) is 5.80. The molecule has 0 unspecified atom stereocenters. The number of amides is 1. The summed E-state index contributed by atoms with van der Waals surface area (Å²) < 4.78 is 53.1. The lowest BCUT2D eigenvalue weighted by molar-refractivity contribution is -0.137. The van der Waals surface area contributed by atoms with Crippen LogP contribution in [0.3, 0.4) is 0 Å². The maximum Gasteiger partial charge on any atom is 0.417 e. The minimum absolute atomic E-state index is 0.0531. The van der Waals surface area contributed by atoms with Gasteiger partial charge in [0, 0.05) is 6.20 Å². The smallest absolute Gasteiger partial charge is 0.345 e. The quantitative estimate of drug-likeness (QED) is 0.503. The number of benzene rings is 1. The van der Waals surface area contributed by atoms with Crippen molar-refractivity contribution < 1.29 is 22.4 Å². The third-order valence-corrected chi connectivity index (χ3v) is 4.97. The van der Waals surface area contributed by atoms with Crippen molar-refractivity contribution in [3.63, 3.8) is 0 Å². The Morgan fingerprint density at radius 3 is 2.39 bits per heavy atom. The average molecular weight is 455 g/mol. The molecule has 31 heavy (non-hydrogen) atoms. The van der Waals surface area contributed by atoms with E-state index in [4.69, 9.17) is 11.6 Å². The van der Waals surface area contributed by atoms with E-state index in [0.29, 0.717) is 11.3 Å². The zero-order valence-corrected chi connectivity index (χ0v) is 17.6. The molecular formula is C21H19ClF4N4O. The van der Waals surface area contributed by atoms with Crippen LogP contribution < -0.4 is 5.32 Å². The number of alkyl halides is 3. The van der Waals surface area contributed by atoms with Crippen LogP contribution in [0.2, 0.25) is 5.02 Å². The molecule has 0 saturated heterocycles. The largest absolute Gasteiger partial charge is 0.417 e. The lowest BCUT2D eigenvalue weighted by Gasteiger charge is -2.16. The van der Waals surface area contributed by atoms with Crippen molar-refractivity contribution in [2.24, 2.45) is 0 Å². The van der Waals surface area contributed by atoms with Gasteiger partial charge in [0.05, 0.1) is 34.1 Å². The van der Waals surface area contributed by atoms with E-state index in [1.807, 2.05) is 13.8 Å². The predicted molar refractivity (Wildman–Crippen MR) is 108 cm³/mol. The highest BCUT2D eigenvalue weighted by atomic mass is 35.5. The zero-order valence-electron chi connectivity index (χ0n) is 16.8. The van der Waals surface area contributed by atoms with Crippen molar-refractivity contribution >= 4 is 17.5 Å². The molecule has 2 heterocycles. The summed E-state index contributed by atoms with van der Waals surface area (Å²) in [5.41, 5.74) is 0.493. The van der Waals surface area contributed by atoms with Gasteiger partial charge in [-0.2, -0.15) is 18.3 Å². The van der Waals surface area contributed by atoms with Gasteiger partial charge < -0.3 is 5.32 Å². The van der Waals surface area contributed by atoms with Gasteiger partial charge in [0.2, 0.25) is 0 Å². The fraction of sp³-hybridized carbons (Fsp3) is 0.286. The Hall–Kier alpha value is -2.94. The van der Waals surface area contributed by atoms with Crippen LogP contribution in [0.1, 0.15) is 59.9 Å². The van der Waals surface area contributed by atoms with E-state index in [1.54, 1.807) is 6.92 Å². The molecule has 1 amide bonds. The van der Waals surface area contributed by atoms with E-state index in [-0.39, 0.29) is 22.3 Å². The van der Waals surface area contributed by atoms with E-state index in [1.165, 1.54) is 35.1 Å². The van der Waals surface area contributed by atoms with Gasteiger partial charge >= 0.3 is 6.18 Å². The van der Waals surface area contributed by atoms with Crippen molar-refractivity contribution in [1.82, 2.24) is 20.1 Å². The molecule has 3 rings (SSSR count). The SMILES string of the molecule is CC(C)c1c(C(=O)N[C@H](C)c2ccc(F)c(Cl)c2)cnn1-c1ccc(C(F)(F)F)cn1. The highest BCUT2D eigenvalue weighted by Gasteiger charge is 2.31. The molecular weight excluding hydrogens is 436 g/mol. The second-order valence-corrected chi connectivity index (χ2v) is 7.69. The summed E-state index contributed by atoms with van der Waals surface area (Å²) in [5, 5.41) is 6.92. The van der Waals surface area contributed by atoms with Crippen LogP contribution in [0, 0.1) is 5.82 Å². The molecule has 5 nitrogen and oxygen atoms in total. The summed E-state index contributed by atoms with van der Waals surface area (Å²) in [4.78, 5) is 16.8. The first-order chi connectivity index (χ1) is 14.5. The second-order valence-electron chi connectivity index (χ2n) is 7.28. The van der Waals surface area contributed by atoms with Crippen LogP contribution in [0.5, 0.6) is 0 Å². The van der Waals surface area contributed by atoms with Crippen molar-refractivity contribution in [2.75, 3.05) is 0 Å². The van der Waals surface area contributed by atoms with Crippen LogP contribution >= 0.6 is 11.6 Å². The van der Waals surface area contributed by atoms with Gasteiger partial charge in [-0.1, -0.05) is 31.5 Å². The van der Waals surface area contributed by atoms with Crippen LogP contribution in [-0.4, -0.2) is 20.7 Å². The molecule has 10 heteroatoms. The number of hydrogen-bond acceptors (Lipinski definition) is 3. The van der Waals surface area contributed by atoms with Crippen LogP contribution in [-0.2, 0) is 6.18 Å². The second kappa shape index (κ2) is 8.66. The van der Waals surface area contributed by atoms with Gasteiger partial charge in [-0.05, 0) is 42.7 Å². The predicted octanol–water partition coefficient (Wildman–Crippen LogP) is 5.69. The molecule has 0 fully saturated rings. The third kappa shape index (κ3) is 4.87. The topological polar surface area (TPSA) is 59.8 Å². The minimum atomic E-state index is -4.50. The Balaban J connectivity index is 1.89. The molecule has 1 atom stereocenters. The first-order valence-corrected chi connectivity index (χ1v) is 9.74. The maximum atomic E-state index is 13.4. The minimum Gasteiger partial charge on any atom is -0.345 e. The number of rotatable bonds is 5. The summed E-state index contributed by atoms with van der Waals surface area (Å²) in [7, 11) is 0. The summed E-state index contributed by atoms with van der Waals surface area (Å²) >= 11 is 5.81. The monoisotopic (exact) mass is 454 g/mol. The molecule has 0 radical (unpaired) electrons. The molecule has 3 aromatic rings. The van der Waals surface area contributed by atoms with Gasteiger partial charge in [0.1, 0.15) is 5.82 Å². The number of nitrogens with one attached hydrogen (secondary N) is 1. The van der Waals surface area contributed by atoms with Crippen LogP contribution in [0.4, 0.5) is 17.6 Å². The van der Waals surface area contributed by atoms with Gasteiger partial charge in [0.25, 0.3) is 5.91 Å². The number of halogens is 5. The van der Waals surface area contributed by atoms with E-state index in [0.717, 1.165) is 12.3 Å². The fourth-order valence-electron chi connectivity index (χ4n) is 3.09. The molecule has 1 aromatic carbocycles. The maximum absolute atomic E-state index is 13.4. The number of carbonyl (C=O) groups is 1. The molecule has 164 valence electrons. The number of carbonyl (C=O) groups excluding carboxylic acids is 1. The van der Waals surface area contributed by atoms with Gasteiger partial charge in [-0.25, -0.2) is 14.1 Å². The molecule has 2 aromatic heterocycles. The van der Waals surface area contributed by atoms with E-state index >= 15 is 0 Å². The fourth-order valence-corrected chi connectivity index (χ4v) is 3.28. The summed E-state index contributed by atoms with van der Waals surface area (Å²) in [6.07, 6.45) is -2.43. The van der Waals surface area contributed by atoms with E-state index in [9.17, 15) is 22.4 Å². The van der Waals surface area contributed by atoms with Crippen LogP contribution in [0.15, 0.2) is 42.7 Å². The van der Waals surface area contributed by atoms with E-state index < -0.39 is 29.5 Å². The van der Waals surface area contributed by atoms with Gasteiger partial charge in [-0.3, -0.25) is 4.79 Å². The standard InChI is InChI=1S/C21H19ClF4N4O/c1-11(2)19-15(20(31)29-12(3)13-4-6-17(23)16(22)8-13)10-28-30(19)18-7-5-14(9-27-18)21(24,25)26/h4-12H,1-3H3,(H,29,31)/t12-/m1/s1. The van der Waals surface area contributed by atoms with Crippen molar-refractivity contribution in [1.29, 1.82) is 0 Å². The van der Waals surface area contributed by atoms with Crippen LogP contribution in [0.25, 0.3) is 5.82 Å². The van der Waals surface area contributed by atoms with Crippen molar-refractivity contribution in [2.45, 2.75) is 38.9 Å². The molecule has 0 aliphatic carbocycles. The van der Waals surface area contributed by atoms with Crippen molar-refractivity contribution in [3.8, 4) is 5.82 Å². The molecule has 0 saturated carbocycles. The first kappa shape index (κ1) is 22.7. The highest BCUT2D eigenvalue weighted by Crippen LogP contribution is 2.30. The molecule has 0 spiro atoms. The highest BCUT2D eigenvalue weighted by molar-refractivity contribution is 6.30. The number of hydrogen-bond donors (Lipinski definition) is 1. The number of nitrogens with zero attached hydrogens (tertiary/aromatic N) is 3. The molecule has 1 N–H and O–H groups in total. The number of aromatic nitrogens is 3. The van der Waals surface area contributed by atoms with E-state index in [2.05, 4.69) is 15.4 Å². The Morgan fingerprint density at radius 1 is 1.13 bits per heavy atom. The van der Waals surface area contributed by atoms with Crippen molar-refractivity contribution in [3.05, 3.63) is 75.9 Å². The Morgan fingerprint density at radius 2 is 1.84 bits per heavy atom. The first-order valence-electron chi connectivity index (χ1n) is 9.36. The average Bonchev–Trinajstić information content (AvgIpc) is 3.15. The van der Waals surface area contributed by atoms with Gasteiger partial charge in [0.15, 0.2) is 5.82 Å². The lowest BCUT2D eigenvalue weighted by atomic mass is 10.0. The molecule has 0 aliphatic rings. The normalized spacial score (nSPS) is 12.8. The Bertz CT molecular complexity index is 1090. The third-order valence-electron chi connectivity index (χ3n) is 4.68. The molecule has 0 aliphatic heterocycles.